The topological polar surface area (TPSA) is 63.7 Å². The Morgan fingerprint density at radius 2 is 1.43 bits per heavy atom. The van der Waals surface area contributed by atoms with E-state index in [1.54, 1.807) is 36.4 Å². The molecule has 1 heterocycles. The Hall–Kier alpha value is -2.95. The molecule has 1 aliphatic heterocycles. The minimum atomic E-state index is -0.542. The van der Waals surface area contributed by atoms with Crippen molar-refractivity contribution in [2.75, 3.05) is 13.2 Å². The molecular weight excluding hydrogens is 378 g/mol. The van der Waals surface area contributed by atoms with E-state index in [0.29, 0.717) is 28.7 Å². The highest BCUT2D eigenvalue weighted by atomic mass is 16.5. The van der Waals surface area contributed by atoms with Crippen molar-refractivity contribution in [2.45, 2.75) is 44.6 Å². The summed E-state index contributed by atoms with van der Waals surface area (Å²) in [6.45, 7) is 0.528. The number of ether oxygens (including phenoxy) is 1. The molecule has 0 spiro atoms. The fourth-order valence-electron chi connectivity index (χ4n) is 4.74. The second-order valence-electron chi connectivity index (χ2n) is 8.19. The van der Waals surface area contributed by atoms with E-state index in [-0.39, 0.29) is 18.3 Å². The van der Waals surface area contributed by atoms with Crippen molar-refractivity contribution in [1.29, 1.82) is 0 Å². The smallest absolute Gasteiger partial charge is 0.338 e. The van der Waals surface area contributed by atoms with Gasteiger partial charge >= 0.3 is 5.97 Å². The molecule has 0 unspecified atom stereocenters. The molecule has 2 atom stereocenters. The highest BCUT2D eigenvalue weighted by molar-refractivity contribution is 6.09. The zero-order valence-electron chi connectivity index (χ0n) is 17.1. The van der Waals surface area contributed by atoms with Crippen LogP contribution < -0.4 is 0 Å². The minimum Gasteiger partial charge on any atom is -0.452 e. The van der Waals surface area contributed by atoms with Crippen LogP contribution in [0.4, 0.5) is 0 Å². The Labute approximate surface area is 177 Å². The third-order valence-corrected chi connectivity index (χ3v) is 6.31. The van der Waals surface area contributed by atoms with E-state index in [1.165, 1.54) is 25.7 Å². The quantitative estimate of drug-likeness (QED) is 0.551. The first kappa shape index (κ1) is 20.3. The molecule has 2 aromatic carbocycles. The van der Waals surface area contributed by atoms with Crippen molar-refractivity contribution >= 4 is 17.7 Å². The van der Waals surface area contributed by atoms with Gasteiger partial charge in [0.1, 0.15) is 0 Å². The van der Waals surface area contributed by atoms with Gasteiger partial charge in [-0.2, -0.15) is 0 Å². The molecule has 0 aromatic heterocycles. The average Bonchev–Trinajstić information content (AvgIpc) is 2.82. The Bertz CT molecular complexity index is 905. The number of carbonyl (C=O) groups is 3. The van der Waals surface area contributed by atoms with Crippen LogP contribution in [0.2, 0.25) is 0 Å². The summed E-state index contributed by atoms with van der Waals surface area (Å²) in [5.74, 6) is -0.144. The number of fused-ring (bicyclic) bond motifs is 1. The monoisotopic (exact) mass is 405 g/mol. The van der Waals surface area contributed by atoms with Crippen LogP contribution in [0.1, 0.15) is 64.8 Å². The maximum atomic E-state index is 12.7. The van der Waals surface area contributed by atoms with E-state index in [0.717, 1.165) is 19.4 Å². The van der Waals surface area contributed by atoms with Gasteiger partial charge in [-0.1, -0.05) is 55.3 Å². The maximum absolute atomic E-state index is 12.7. The molecule has 156 valence electrons. The van der Waals surface area contributed by atoms with Gasteiger partial charge in [0.25, 0.3) is 5.91 Å². The number of nitrogens with zero attached hydrogens (tertiary/aromatic N) is 1. The molecule has 1 amide bonds. The van der Waals surface area contributed by atoms with Gasteiger partial charge in [0.05, 0.1) is 5.56 Å². The van der Waals surface area contributed by atoms with E-state index in [1.807, 2.05) is 23.1 Å². The number of likely N-dealkylation sites (tertiary alicyclic amines) is 1. The lowest BCUT2D eigenvalue weighted by atomic mass is 9.78. The molecule has 1 saturated carbocycles. The first-order valence-electron chi connectivity index (χ1n) is 10.8. The number of esters is 1. The lowest BCUT2D eigenvalue weighted by molar-refractivity contribution is -0.140. The van der Waals surface area contributed by atoms with Gasteiger partial charge in [-0.25, -0.2) is 4.79 Å². The summed E-state index contributed by atoms with van der Waals surface area (Å²) in [5.41, 5.74) is 1.44. The predicted molar refractivity (Wildman–Crippen MR) is 113 cm³/mol. The molecule has 30 heavy (non-hydrogen) atoms. The Balaban J connectivity index is 1.34. The maximum Gasteiger partial charge on any atom is 0.338 e. The largest absolute Gasteiger partial charge is 0.452 e. The lowest BCUT2D eigenvalue weighted by Crippen LogP contribution is -2.50. The van der Waals surface area contributed by atoms with Crippen molar-refractivity contribution < 1.29 is 19.1 Å². The van der Waals surface area contributed by atoms with Crippen LogP contribution >= 0.6 is 0 Å². The Morgan fingerprint density at radius 3 is 2.20 bits per heavy atom. The molecule has 2 aliphatic rings. The van der Waals surface area contributed by atoms with Crippen molar-refractivity contribution in [3.63, 3.8) is 0 Å². The standard InChI is InChI=1S/C25H27NO4/c27-23(26-16-6-10-18-7-4-5-11-22(18)26)17-30-25(29)21-14-12-20(13-15-21)24(28)19-8-2-1-3-9-19/h1-3,8-9,12-15,18,22H,4-7,10-11,16-17H2/t18-,22+/m1/s1. The highest BCUT2D eigenvalue weighted by Crippen LogP contribution is 2.35. The summed E-state index contributed by atoms with van der Waals surface area (Å²) in [6.07, 6.45) is 6.89. The number of piperidine rings is 1. The van der Waals surface area contributed by atoms with Gasteiger partial charge in [0, 0.05) is 23.7 Å². The summed E-state index contributed by atoms with van der Waals surface area (Å²) in [7, 11) is 0. The summed E-state index contributed by atoms with van der Waals surface area (Å²) in [4.78, 5) is 39.5. The molecule has 2 fully saturated rings. The van der Waals surface area contributed by atoms with Crippen LogP contribution in [0, 0.1) is 5.92 Å². The molecule has 1 aliphatic carbocycles. The number of hydrogen-bond acceptors (Lipinski definition) is 4. The van der Waals surface area contributed by atoms with Gasteiger partial charge in [-0.05, 0) is 43.7 Å². The first-order valence-corrected chi connectivity index (χ1v) is 10.8. The summed E-state index contributed by atoms with van der Waals surface area (Å²) in [5, 5.41) is 0. The SMILES string of the molecule is O=C(OCC(=O)N1CCC[C@H]2CCCC[C@@H]21)c1ccc(C(=O)c2ccccc2)cc1. The minimum absolute atomic E-state index is 0.0992. The summed E-state index contributed by atoms with van der Waals surface area (Å²) in [6, 6.07) is 15.7. The Kier molecular flexibility index (Phi) is 6.26. The zero-order chi connectivity index (χ0) is 20.9. The van der Waals surface area contributed by atoms with Gasteiger partial charge in [-0.15, -0.1) is 0 Å². The molecule has 0 radical (unpaired) electrons. The van der Waals surface area contributed by atoms with E-state index < -0.39 is 5.97 Å². The van der Waals surface area contributed by atoms with Crippen LogP contribution in [0.3, 0.4) is 0 Å². The van der Waals surface area contributed by atoms with Gasteiger partial charge in [-0.3, -0.25) is 9.59 Å². The first-order chi connectivity index (χ1) is 14.6. The van der Waals surface area contributed by atoms with Crippen LogP contribution in [0.5, 0.6) is 0 Å². The van der Waals surface area contributed by atoms with Crippen molar-refractivity contribution in [2.24, 2.45) is 5.92 Å². The fourth-order valence-corrected chi connectivity index (χ4v) is 4.74. The van der Waals surface area contributed by atoms with E-state index in [9.17, 15) is 14.4 Å². The molecule has 5 nitrogen and oxygen atoms in total. The molecule has 4 rings (SSSR count). The van der Waals surface area contributed by atoms with Crippen LogP contribution in [-0.2, 0) is 9.53 Å². The zero-order valence-corrected chi connectivity index (χ0v) is 17.1. The predicted octanol–water partition coefficient (Wildman–Crippen LogP) is 4.26. The van der Waals surface area contributed by atoms with Gasteiger partial charge < -0.3 is 9.64 Å². The number of hydrogen-bond donors (Lipinski definition) is 0. The number of amides is 1. The van der Waals surface area contributed by atoms with Crippen molar-refractivity contribution in [1.82, 2.24) is 4.90 Å². The van der Waals surface area contributed by atoms with E-state index in [2.05, 4.69) is 0 Å². The van der Waals surface area contributed by atoms with Crippen molar-refractivity contribution in [3.8, 4) is 0 Å². The third kappa shape index (κ3) is 4.45. The number of rotatable bonds is 5. The summed E-state index contributed by atoms with van der Waals surface area (Å²) < 4.78 is 5.29. The van der Waals surface area contributed by atoms with Crippen LogP contribution in [0.25, 0.3) is 0 Å². The molecule has 0 bridgehead atoms. The molecule has 0 N–H and O–H groups in total. The second kappa shape index (κ2) is 9.24. The lowest BCUT2D eigenvalue weighted by Gasteiger charge is -2.44. The fraction of sp³-hybridized carbons (Fsp3) is 0.400. The van der Waals surface area contributed by atoms with Gasteiger partial charge in [0.15, 0.2) is 12.4 Å². The van der Waals surface area contributed by atoms with Gasteiger partial charge in [0.2, 0.25) is 0 Å². The van der Waals surface area contributed by atoms with Crippen LogP contribution in [0.15, 0.2) is 54.6 Å². The molecule has 2 aromatic rings. The highest BCUT2D eigenvalue weighted by Gasteiger charge is 2.35. The second-order valence-corrected chi connectivity index (χ2v) is 8.19. The van der Waals surface area contributed by atoms with E-state index >= 15 is 0 Å². The van der Waals surface area contributed by atoms with E-state index in [4.69, 9.17) is 4.74 Å². The molecule has 1 saturated heterocycles. The van der Waals surface area contributed by atoms with Crippen molar-refractivity contribution in [3.05, 3.63) is 71.3 Å². The molecular formula is C25H27NO4. The average molecular weight is 405 g/mol. The summed E-state index contributed by atoms with van der Waals surface area (Å²) >= 11 is 0. The third-order valence-electron chi connectivity index (χ3n) is 6.31. The number of ketones is 1. The number of benzene rings is 2. The van der Waals surface area contributed by atoms with Crippen LogP contribution in [-0.4, -0.2) is 41.8 Å². The Morgan fingerprint density at radius 1 is 0.800 bits per heavy atom. The number of carbonyl (C=O) groups excluding carboxylic acids is 3. The normalized spacial score (nSPS) is 20.9. The molecule has 5 heteroatoms.